The van der Waals surface area contributed by atoms with Crippen LogP contribution in [0, 0.1) is 0 Å². The van der Waals surface area contributed by atoms with E-state index in [1.165, 1.54) is 5.56 Å². The van der Waals surface area contributed by atoms with Gasteiger partial charge in [-0.2, -0.15) is 0 Å². The van der Waals surface area contributed by atoms with Crippen LogP contribution in [-0.2, 0) is 11.3 Å². The van der Waals surface area contributed by atoms with Crippen molar-refractivity contribution in [1.29, 1.82) is 0 Å². The SMILES string of the molecule is COc1ccc(Br)c(CN2CCCOC(C)C2)c1. The van der Waals surface area contributed by atoms with Crippen LogP contribution in [0.1, 0.15) is 18.9 Å². The van der Waals surface area contributed by atoms with E-state index in [4.69, 9.17) is 9.47 Å². The second kappa shape index (κ2) is 6.55. The van der Waals surface area contributed by atoms with Gasteiger partial charge in [0, 0.05) is 30.7 Å². The Balaban J connectivity index is 2.07. The van der Waals surface area contributed by atoms with E-state index in [1.54, 1.807) is 7.11 Å². The van der Waals surface area contributed by atoms with E-state index >= 15 is 0 Å². The van der Waals surface area contributed by atoms with Crippen molar-refractivity contribution < 1.29 is 9.47 Å². The molecule has 1 aromatic rings. The third-order valence-electron chi connectivity index (χ3n) is 3.18. The van der Waals surface area contributed by atoms with Crippen molar-refractivity contribution in [3.63, 3.8) is 0 Å². The molecule has 1 unspecified atom stereocenters. The number of methoxy groups -OCH3 is 1. The number of hydrogen-bond acceptors (Lipinski definition) is 3. The molecule has 1 aromatic carbocycles. The van der Waals surface area contributed by atoms with Crippen LogP contribution in [0.15, 0.2) is 22.7 Å². The normalized spacial score (nSPS) is 21.6. The maximum absolute atomic E-state index is 5.67. The predicted octanol–water partition coefficient (Wildman–Crippen LogP) is 3.07. The Hall–Kier alpha value is -0.580. The zero-order valence-corrected chi connectivity index (χ0v) is 12.6. The van der Waals surface area contributed by atoms with Gasteiger partial charge >= 0.3 is 0 Å². The highest BCUT2D eigenvalue weighted by Gasteiger charge is 2.16. The average molecular weight is 314 g/mol. The molecular formula is C14H20BrNO2. The van der Waals surface area contributed by atoms with Crippen LogP contribution in [0.4, 0.5) is 0 Å². The summed E-state index contributed by atoms with van der Waals surface area (Å²) in [5.74, 6) is 0.910. The lowest BCUT2D eigenvalue weighted by Crippen LogP contribution is -2.29. The number of halogens is 1. The second-order valence-electron chi connectivity index (χ2n) is 4.73. The minimum atomic E-state index is 0.317. The van der Waals surface area contributed by atoms with Crippen molar-refractivity contribution in [3.05, 3.63) is 28.2 Å². The summed E-state index contributed by atoms with van der Waals surface area (Å²) < 4.78 is 12.1. The molecule has 0 N–H and O–H groups in total. The predicted molar refractivity (Wildman–Crippen MR) is 76.0 cm³/mol. The molecule has 0 aromatic heterocycles. The van der Waals surface area contributed by atoms with E-state index in [-0.39, 0.29) is 0 Å². The van der Waals surface area contributed by atoms with E-state index < -0.39 is 0 Å². The van der Waals surface area contributed by atoms with Gasteiger partial charge in [-0.3, -0.25) is 4.90 Å². The summed E-state index contributed by atoms with van der Waals surface area (Å²) in [7, 11) is 1.70. The first-order valence-corrected chi connectivity index (χ1v) is 7.14. The van der Waals surface area contributed by atoms with Gasteiger partial charge in [-0.15, -0.1) is 0 Å². The van der Waals surface area contributed by atoms with Crippen LogP contribution in [0.2, 0.25) is 0 Å². The fraction of sp³-hybridized carbons (Fsp3) is 0.571. The van der Waals surface area contributed by atoms with E-state index in [9.17, 15) is 0 Å². The molecule has 4 heteroatoms. The molecule has 0 bridgehead atoms. The first-order chi connectivity index (χ1) is 8.69. The lowest BCUT2D eigenvalue weighted by molar-refractivity contribution is 0.0667. The van der Waals surface area contributed by atoms with Crippen LogP contribution >= 0.6 is 15.9 Å². The molecule has 1 atom stereocenters. The molecule has 0 spiro atoms. The van der Waals surface area contributed by atoms with Crippen molar-refractivity contribution in [2.75, 3.05) is 26.8 Å². The Kier molecular flexibility index (Phi) is 5.03. The molecule has 0 amide bonds. The zero-order chi connectivity index (χ0) is 13.0. The van der Waals surface area contributed by atoms with Crippen molar-refractivity contribution >= 4 is 15.9 Å². The zero-order valence-electron chi connectivity index (χ0n) is 11.0. The van der Waals surface area contributed by atoms with Gasteiger partial charge in [-0.25, -0.2) is 0 Å². The van der Waals surface area contributed by atoms with Gasteiger partial charge in [0.15, 0.2) is 0 Å². The number of ether oxygens (including phenoxy) is 2. The minimum absolute atomic E-state index is 0.317. The summed E-state index contributed by atoms with van der Waals surface area (Å²) in [6.45, 7) is 6.03. The molecule has 3 nitrogen and oxygen atoms in total. The molecule has 0 saturated carbocycles. The molecule has 0 aliphatic carbocycles. The van der Waals surface area contributed by atoms with Crippen molar-refractivity contribution in [1.82, 2.24) is 4.90 Å². The summed E-state index contributed by atoms with van der Waals surface area (Å²) in [6.07, 6.45) is 1.42. The smallest absolute Gasteiger partial charge is 0.119 e. The molecule has 1 saturated heterocycles. The Morgan fingerprint density at radius 1 is 1.50 bits per heavy atom. The molecule has 1 aliphatic heterocycles. The Morgan fingerprint density at radius 3 is 3.11 bits per heavy atom. The third kappa shape index (κ3) is 3.70. The Morgan fingerprint density at radius 2 is 2.33 bits per heavy atom. The lowest BCUT2D eigenvalue weighted by Gasteiger charge is -2.22. The van der Waals surface area contributed by atoms with Gasteiger partial charge < -0.3 is 9.47 Å². The first kappa shape index (κ1) is 13.8. The summed E-state index contributed by atoms with van der Waals surface area (Å²) in [5, 5.41) is 0. The number of rotatable bonds is 3. The molecule has 0 radical (unpaired) electrons. The van der Waals surface area contributed by atoms with Crippen LogP contribution < -0.4 is 4.74 Å². The van der Waals surface area contributed by atoms with Gasteiger partial charge in [0.05, 0.1) is 13.2 Å². The van der Waals surface area contributed by atoms with Gasteiger partial charge in [0.2, 0.25) is 0 Å². The number of hydrogen-bond donors (Lipinski definition) is 0. The maximum Gasteiger partial charge on any atom is 0.119 e. The first-order valence-electron chi connectivity index (χ1n) is 6.35. The highest BCUT2D eigenvalue weighted by molar-refractivity contribution is 9.10. The van der Waals surface area contributed by atoms with Gasteiger partial charge in [-0.1, -0.05) is 15.9 Å². The summed E-state index contributed by atoms with van der Waals surface area (Å²) in [4.78, 5) is 2.44. The highest BCUT2D eigenvalue weighted by atomic mass is 79.9. The van der Waals surface area contributed by atoms with E-state index in [0.717, 1.165) is 42.9 Å². The minimum Gasteiger partial charge on any atom is -0.497 e. The standard InChI is InChI=1S/C14H20BrNO2/c1-11-9-16(6-3-7-18-11)10-12-8-13(17-2)4-5-14(12)15/h4-5,8,11H,3,6-7,9-10H2,1-2H3. The van der Waals surface area contributed by atoms with Crippen molar-refractivity contribution in [3.8, 4) is 5.75 Å². The monoisotopic (exact) mass is 313 g/mol. The maximum atomic E-state index is 5.67. The van der Waals surface area contributed by atoms with Gasteiger partial charge in [0.1, 0.15) is 5.75 Å². The Bertz CT molecular complexity index is 397. The molecule has 2 rings (SSSR count). The fourth-order valence-electron chi connectivity index (χ4n) is 2.26. The van der Waals surface area contributed by atoms with Crippen LogP contribution in [0.5, 0.6) is 5.75 Å². The molecule has 1 heterocycles. The van der Waals surface area contributed by atoms with Crippen molar-refractivity contribution in [2.24, 2.45) is 0 Å². The van der Waals surface area contributed by atoms with Crippen molar-refractivity contribution in [2.45, 2.75) is 26.0 Å². The average Bonchev–Trinajstić information content (AvgIpc) is 2.56. The summed E-state index contributed by atoms with van der Waals surface area (Å²) in [5.41, 5.74) is 1.27. The highest BCUT2D eigenvalue weighted by Crippen LogP contribution is 2.24. The molecular weight excluding hydrogens is 294 g/mol. The van der Waals surface area contributed by atoms with Crippen LogP contribution in [0.3, 0.4) is 0 Å². The number of benzene rings is 1. The summed E-state index contributed by atoms with van der Waals surface area (Å²) >= 11 is 3.61. The molecule has 1 aliphatic rings. The summed E-state index contributed by atoms with van der Waals surface area (Å²) in [6, 6.07) is 6.12. The molecule has 1 fully saturated rings. The van der Waals surface area contributed by atoms with Gasteiger partial charge in [0.25, 0.3) is 0 Å². The lowest BCUT2D eigenvalue weighted by atomic mass is 10.2. The van der Waals surface area contributed by atoms with Crippen LogP contribution in [0.25, 0.3) is 0 Å². The Labute approximate surface area is 117 Å². The topological polar surface area (TPSA) is 21.7 Å². The number of nitrogens with zero attached hydrogens (tertiary/aromatic N) is 1. The largest absolute Gasteiger partial charge is 0.497 e. The quantitative estimate of drug-likeness (QED) is 0.856. The van der Waals surface area contributed by atoms with E-state index in [0.29, 0.717) is 6.10 Å². The molecule has 18 heavy (non-hydrogen) atoms. The van der Waals surface area contributed by atoms with Crippen LogP contribution in [-0.4, -0.2) is 37.8 Å². The van der Waals surface area contributed by atoms with E-state index in [1.807, 2.05) is 12.1 Å². The van der Waals surface area contributed by atoms with E-state index in [2.05, 4.69) is 33.8 Å². The van der Waals surface area contributed by atoms with Gasteiger partial charge in [-0.05, 0) is 37.1 Å². The third-order valence-corrected chi connectivity index (χ3v) is 3.96. The fourth-order valence-corrected chi connectivity index (χ4v) is 2.64. The second-order valence-corrected chi connectivity index (χ2v) is 5.58. The molecule has 100 valence electrons.